The van der Waals surface area contributed by atoms with Gasteiger partial charge in [-0.1, -0.05) is 60.7 Å². The van der Waals surface area contributed by atoms with Crippen molar-refractivity contribution >= 4 is 17.5 Å². The van der Waals surface area contributed by atoms with Crippen LogP contribution in [-0.4, -0.2) is 17.9 Å². The van der Waals surface area contributed by atoms with Gasteiger partial charge in [0.25, 0.3) is 5.91 Å². The molecule has 0 saturated heterocycles. The summed E-state index contributed by atoms with van der Waals surface area (Å²) in [5, 5.41) is 5.86. The Bertz CT molecular complexity index is 953. The number of hydrogen-bond acceptors (Lipinski definition) is 2. The zero-order valence-corrected chi connectivity index (χ0v) is 16.1. The van der Waals surface area contributed by atoms with Gasteiger partial charge < -0.3 is 10.6 Å². The minimum atomic E-state index is -0.685. The van der Waals surface area contributed by atoms with Crippen molar-refractivity contribution in [3.8, 4) is 0 Å². The first-order chi connectivity index (χ1) is 13.5. The van der Waals surface area contributed by atoms with E-state index in [0.717, 1.165) is 22.4 Å². The molecule has 3 rings (SSSR count). The van der Waals surface area contributed by atoms with Crippen LogP contribution in [0.2, 0.25) is 0 Å². The predicted octanol–water partition coefficient (Wildman–Crippen LogP) is 4.28. The summed E-state index contributed by atoms with van der Waals surface area (Å²) < 4.78 is 0. The fourth-order valence-corrected chi connectivity index (χ4v) is 3.00. The Morgan fingerprint density at radius 3 is 2.14 bits per heavy atom. The van der Waals surface area contributed by atoms with E-state index in [1.54, 1.807) is 24.3 Å². The molecular weight excluding hydrogens is 348 g/mol. The van der Waals surface area contributed by atoms with Crippen molar-refractivity contribution in [3.63, 3.8) is 0 Å². The van der Waals surface area contributed by atoms with Crippen LogP contribution in [0.4, 0.5) is 5.69 Å². The molecule has 0 aliphatic carbocycles. The SMILES string of the molecule is Cc1cccc(NC(=O)C(Cc2ccccc2)NC(=O)c2ccccc2)c1C. The zero-order chi connectivity index (χ0) is 19.9. The van der Waals surface area contributed by atoms with Crippen LogP contribution in [-0.2, 0) is 11.2 Å². The molecule has 0 spiro atoms. The monoisotopic (exact) mass is 372 g/mol. The van der Waals surface area contributed by atoms with Gasteiger partial charge in [-0.3, -0.25) is 9.59 Å². The zero-order valence-electron chi connectivity index (χ0n) is 16.1. The van der Waals surface area contributed by atoms with Gasteiger partial charge in [-0.05, 0) is 48.7 Å². The Kier molecular flexibility index (Phi) is 6.22. The first-order valence-corrected chi connectivity index (χ1v) is 9.31. The second-order valence-electron chi connectivity index (χ2n) is 6.82. The predicted molar refractivity (Wildman–Crippen MR) is 112 cm³/mol. The summed E-state index contributed by atoms with van der Waals surface area (Å²) in [6.07, 6.45) is 0.413. The summed E-state index contributed by atoms with van der Waals surface area (Å²) in [4.78, 5) is 25.7. The Balaban J connectivity index is 1.81. The number of aryl methyl sites for hydroxylation is 1. The van der Waals surface area contributed by atoms with E-state index in [4.69, 9.17) is 0 Å². The highest BCUT2D eigenvalue weighted by Crippen LogP contribution is 2.18. The maximum atomic E-state index is 13.0. The van der Waals surface area contributed by atoms with Crippen molar-refractivity contribution < 1.29 is 9.59 Å². The molecule has 4 nitrogen and oxygen atoms in total. The molecule has 28 heavy (non-hydrogen) atoms. The van der Waals surface area contributed by atoms with E-state index in [1.165, 1.54) is 0 Å². The first kappa shape index (κ1) is 19.4. The van der Waals surface area contributed by atoms with Gasteiger partial charge in [-0.25, -0.2) is 0 Å². The minimum absolute atomic E-state index is 0.234. The Labute approximate surface area is 165 Å². The average molecular weight is 372 g/mol. The summed E-state index contributed by atoms with van der Waals surface area (Å²) >= 11 is 0. The van der Waals surface area contributed by atoms with E-state index in [0.29, 0.717) is 12.0 Å². The van der Waals surface area contributed by atoms with Crippen LogP contribution >= 0.6 is 0 Å². The van der Waals surface area contributed by atoms with E-state index in [9.17, 15) is 9.59 Å². The molecular formula is C24H24N2O2. The van der Waals surface area contributed by atoms with Gasteiger partial charge >= 0.3 is 0 Å². The van der Waals surface area contributed by atoms with Crippen LogP contribution in [0, 0.1) is 13.8 Å². The third-order valence-corrected chi connectivity index (χ3v) is 4.80. The lowest BCUT2D eigenvalue weighted by molar-refractivity contribution is -0.118. The van der Waals surface area contributed by atoms with Gasteiger partial charge in [-0.2, -0.15) is 0 Å². The summed E-state index contributed by atoms with van der Waals surface area (Å²) in [5.41, 5.74) is 4.39. The quantitative estimate of drug-likeness (QED) is 0.678. The second kappa shape index (κ2) is 9.00. The van der Waals surface area contributed by atoms with Gasteiger partial charge in [-0.15, -0.1) is 0 Å². The molecule has 142 valence electrons. The Morgan fingerprint density at radius 1 is 0.821 bits per heavy atom. The number of rotatable bonds is 6. The summed E-state index contributed by atoms with van der Waals surface area (Å²) in [5.74, 6) is -0.500. The average Bonchev–Trinajstić information content (AvgIpc) is 2.72. The largest absolute Gasteiger partial charge is 0.340 e. The molecule has 0 aromatic heterocycles. The molecule has 0 saturated carbocycles. The molecule has 1 unspecified atom stereocenters. The number of anilines is 1. The summed E-state index contributed by atoms with van der Waals surface area (Å²) in [6.45, 7) is 3.98. The molecule has 3 aromatic carbocycles. The molecule has 3 aromatic rings. The number of benzene rings is 3. The van der Waals surface area contributed by atoms with Crippen molar-refractivity contribution in [2.45, 2.75) is 26.3 Å². The fraction of sp³-hybridized carbons (Fsp3) is 0.167. The van der Waals surface area contributed by atoms with Gasteiger partial charge in [0.05, 0.1) is 0 Å². The van der Waals surface area contributed by atoms with Crippen molar-refractivity contribution in [2.75, 3.05) is 5.32 Å². The van der Waals surface area contributed by atoms with Gasteiger partial charge in [0.15, 0.2) is 0 Å². The number of hydrogen-bond donors (Lipinski definition) is 2. The number of amides is 2. The molecule has 0 radical (unpaired) electrons. The third-order valence-electron chi connectivity index (χ3n) is 4.80. The lowest BCUT2D eigenvalue weighted by atomic mass is 10.0. The van der Waals surface area contributed by atoms with E-state index in [-0.39, 0.29) is 11.8 Å². The van der Waals surface area contributed by atoms with Gasteiger partial charge in [0, 0.05) is 17.7 Å². The Hall–Kier alpha value is -3.40. The molecule has 2 N–H and O–H groups in total. The number of carbonyl (C=O) groups excluding carboxylic acids is 2. The van der Waals surface area contributed by atoms with Crippen molar-refractivity contribution in [2.24, 2.45) is 0 Å². The maximum absolute atomic E-state index is 13.0. The standard InChI is InChI=1S/C24H24N2O2/c1-17-10-9-15-21(18(17)2)25-24(28)22(16-19-11-5-3-6-12-19)26-23(27)20-13-7-4-8-14-20/h3-15,22H,16H2,1-2H3,(H,25,28)(H,26,27). The van der Waals surface area contributed by atoms with Crippen LogP contribution in [0.15, 0.2) is 78.9 Å². The van der Waals surface area contributed by atoms with E-state index in [1.807, 2.05) is 68.4 Å². The molecule has 1 atom stereocenters. The fourth-order valence-electron chi connectivity index (χ4n) is 3.00. The lowest BCUT2D eigenvalue weighted by Gasteiger charge is -2.20. The normalized spacial score (nSPS) is 11.5. The van der Waals surface area contributed by atoms with E-state index in [2.05, 4.69) is 10.6 Å². The van der Waals surface area contributed by atoms with Crippen LogP contribution in [0.1, 0.15) is 27.0 Å². The van der Waals surface area contributed by atoms with E-state index >= 15 is 0 Å². The summed E-state index contributed by atoms with van der Waals surface area (Å²) in [6, 6.07) is 23.7. The van der Waals surface area contributed by atoms with Crippen molar-refractivity contribution in [3.05, 3.63) is 101 Å². The smallest absolute Gasteiger partial charge is 0.251 e. The van der Waals surface area contributed by atoms with Crippen LogP contribution in [0.5, 0.6) is 0 Å². The highest BCUT2D eigenvalue weighted by molar-refractivity contribution is 6.01. The first-order valence-electron chi connectivity index (χ1n) is 9.31. The topological polar surface area (TPSA) is 58.2 Å². The highest BCUT2D eigenvalue weighted by atomic mass is 16.2. The third kappa shape index (κ3) is 4.86. The van der Waals surface area contributed by atoms with Crippen LogP contribution < -0.4 is 10.6 Å². The van der Waals surface area contributed by atoms with Gasteiger partial charge in [0.1, 0.15) is 6.04 Å². The molecule has 0 fully saturated rings. The summed E-state index contributed by atoms with van der Waals surface area (Å²) in [7, 11) is 0. The van der Waals surface area contributed by atoms with Gasteiger partial charge in [0.2, 0.25) is 5.91 Å². The minimum Gasteiger partial charge on any atom is -0.340 e. The number of nitrogens with one attached hydrogen (secondary N) is 2. The molecule has 0 aliphatic heterocycles. The molecule has 2 amide bonds. The molecule has 4 heteroatoms. The lowest BCUT2D eigenvalue weighted by Crippen LogP contribution is -2.45. The molecule has 0 heterocycles. The van der Waals surface area contributed by atoms with Crippen molar-refractivity contribution in [1.82, 2.24) is 5.32 Å². The molecule has 0 aliphatic rings. The van der Waals surface area contributed by atoms with Crippen LogP contribution in [0.25, 0.3) is 0 Å². The highest BCUT2D eigenvalue weighted by Gasteiger charge is 2.22. The maximum Gasteiger partial charge on any atom is 0.251 e. The van der Waals surface area contributed by atoms with Crippen molar-refractivity contribution in [1.29, 1.82) is 0 Å². The second-order valence-corrected chi connectivity index (χ2v) is 6.82. The molecule has 0 bridgehead atoms. The Morgan fingerprint density at radius 2 is 1.46 bits per heavy atom. The van der Waals surface area contributed by atoms with E-state index < -0.39 is 6.04 Å². The van der Waals surface area contributed by atoms with Crippen LogP contribution in [0.3, 0.4) is 0 Å². The number of carbonyl (C=O) groups is 2.